The number of halogens is 4. The van der Waals surface area contributed by atoms with Crippen LogP contribution in [0.1, 0.15) is 20.3 Å². The van der Waals surface area contributed by atoms with E-state index in [1.807, 2.05) is 0 Å². The predicted molar refractivity (Wildman–Crippen MR) is 30.4 cm³/mol. The van der Waals surface area contributed by atoms with Gasteiger partial charge in [-0.25, -0.2) is 4.39 Å². The topological polar surface area (TPSA) is 0 Å². The summed E-state index contributed by atoms with van der Waals surface area (Å²) >= 11 is 0. The number of hydrogen-bond donors (Lipinski definition) is 0. The molecule has 0 aliphatic heterocycles. The van der Waals surface area contributed by atoms with Crippen LogP contribution >= 0.6 is 0 Å². The average molecular weight is 158 g/mol. The first-order valence-electron chi connectivity index (χ1n) is 3.10. The monoisotopic (exact) mass is 158 g/mol. The van der Waals surface area contributed by atoms with Crippen LogP contribution in [-0.2, 0) is 0 Å². The Bertz CT molecular complexity index is 96.4. The highest BCUT2D eigenvalue weighted by Gasteiger charge is 2.42. The van der Waals surface area contributed by atoms with Crippen molar-refractivity contribution in [2.45, 2.75) is 32.6 Å². The van der Waals surface area contributed by atoms with E-state index in [1.165, 1.54) is 13.8 Å². The first-order valence-corrected chi connectivity index (χ1v) is 3.10. The van der Waals surface area contributed by atoms with Crippen LogP contribution in [0.5, 0.6) is 0 Å². The summed E-state index contributed by atoms with van der Waals surface area (Å²) in [6, 6.07) is 0. The van der Waals surface area contributed by atoms with Crippen molar-refractivity contribution < 1.29 is 17.6 Å². The molecule has 0 aromatic carbocycles. The maximum absolute atomic E-state index is 12.2. The molecule has 62 valence electrons. The molecular formula is C6H10F4. The van der Waals surface area contributed by atoms with Crippen molar-refractivity contribution in [1.29, 1.82) is 0 Å². The third-order valence-corrected chi connectivity index (χ3v) is 1.46. The Hall–Kier alpha value is -0.280. The lowest BCUT2D eigenvalue weighted by atomic mass is 10.0. The molecule has 0 fully saturated rings. The summed E-state index contributed by atoms with van der Waals surface area (Å²) in [6.45, 7) is 2.78. The van der Waals surface area contributed by atoms with Gasteiger partial charge in [0, 0.05) is 0 Å². The van der Waals surface area contributed by atoms with Crippen LogP contribution in [0.3, 0.4) is 0 Å². The van der Waals surface area contributed by atoms with Crippen LogP contribution in [0.25, 0.3) is 0 Å². The predicted octanol–water partition coefficient (Wildman–Crippen LogP) is 2.93. The van der Waals surface area contributed by atoms with Gasteiger partial charge in [-0.05, 0) is 5.92 Å². The molecule has 2 atom stereocenters. The van der Waals surface area contributed by atoms with Gasteiger partial charge in [0.15, 0.2) is 6.17 Å². The molecule has 0 amide bonds. The molecule has 0 saturated carbocycles. The fourth-order valence-corrected chi connectivity index (χ4v) is 0.530. The normalized spacial score (nSPS) is 18.6. The van der Waals surface area contributed by atoms with Crippen molar-refractivity contribution in [1.82, 2.24) is 0 Å². The van der Waals surface area contributed by atoms with Crippen LogP contribution < -0.4 is 0 Å². The van der Waals surface area contributed by atoms with Gasteiger partial charge in [0.1, 0.15) is 0 Å². The standard InChI is InChI=1S/C6H10F4/c1-3-4(2)5(7)6(8,9)10/h4-5H,3H2,1-2H3. The van der Waals surface area contributed by atoms with Gasteiger partial charge in [0.25, 0.3) is 0 Å². The Morgan fingerprint density at radius 2 is 1.70 bits per heavy atom. The molecule has 0 aliphatic rings. The van der Waals surface area contributed by atoms with Gasteiger partial charge in [0.2, 0.25) is 0 Å². The summed E-state index contributed by atoms with van der Waals surface area (Å²) in [4.78, 5) is 0. The average Bonchev–Trinajstić information content (AvgIpc) is 1.83. The summed E-state index contributed by atoms with van der Waals surface area (Å²) in [5.74, 6) is -0.931. The smallest absolute Gasteiger partial charge is 0.237 e. The molecule has 0 aromatic rings. The first kappa shape index (κ1) is 9.72. The van der Waals surface area contributed by atoms with E-state index in [0.717, 1.165) is 0 Å². The molecule has 10 heavy (non-hydrogen) atoms. The first-order chi connectivity index (χ1) is 4.39. The molecule has 0 rings (SSSR count). The summed E-state index contributed by atoms with van der Waals surface area (Å²) in [5.41, 5.74) is 0. The molecule has 0 aromatic heterocycles. The summed E-state index contributed by atoms with van der Waals surface area (Å²) in [5, 5.41) is 0. The molecule has 0 saturated heterocycles. The Balaban J connectivity index is 3.94. The minimum Gasteiger partial charge on any atom is -0.237 e. The van der Waals surface area contributed by atoms with Crippen molar-refractivity contribution in [2.75, 3.05) is 0 Å². The van der Waals surface area contributed by atoms with Crippen molar-refractivity contribution in [3.8, 4) is 0 Å². The summed E-state index contributed by atoms with van der Waals surface area (Å²) in [7, 11) is 0. The quantitative estimate of drug-likeness (QED) is 0.542. The van der Waals surface area contributed by atoms with E-state index in [0.29, 0.717) is 0 Å². The van der Waals surface area contributed by atoms with Gasteiger partial charge in [-0.2, -0.15) is 13.2 Å². The number of rotatable bonds is 2. The SMILES string of the molecule is CCC(C)C(F)C(F)(F)F. The van der Waals surface area contributed by atoms with E-state index in [2.05, 4.69) is 0 Å². The fraction of sp³-hybridized carbons (Fsp3) is 1.00. The van der Waals surface area contributed by atoms with Crippen LogP contribution in [0, 0.1) is 5.92 Å². The van der Waals surface area contributed by atoms with Crippen LogP contribution in [0.2, 0.25) is 0 Å². The Morgan fingerprint density at radius 1 is 1.30 bits per heavy atom. The molecule has 0 N–H and O–H groups in total. The number of alkyl halides is 4. The maximum atomic E-state index is 12.2. The second kappa shape index (κ2) is 3.21. The highest BCUT2D eigenvalue weighted by atomic mass is 19.4. The highest BCUT2D eigenvalue weighted by Crippen LogP contribution is 2.29. The van der Waals surface area contributed by atoms with E-state index in [-0.39, 0.29) is 6.42 Å². The van der Waals surface area contributed by atoms with Gasteiger partial charge >= 0.3 is 6.18 Å². The van der Waals surface area contributed by atoms with E-state index < -0.39 is 18.3 Å². The largest absolute Gasteiger partial charge is 0.419 e. The summed E-state index contributed by atoms with van der Waals surface area (Å²) < 4.78 is 46.7. The van der Waals surface area contributed by atoms with Crippen molar-refractivity contribution in [3.63, 3.8) is 0 Å². The zero-order chi connectivity index (χ0) is 8.36. The zero-order valence-corrected chi connectivity index (χ0v) is 5.87. The van der Waals surface area contributed by atoms with Crippen LogP contribution in [0.15, 0.2) is 0 Å². The molecule has 4 heteroatoms. The van der Waals surface area contributed by atoms with E-state index in [4.69, 9.17) is 0 Å². The van der Waals surface area contributed by atoms with Gasteiger partial charge in [-0.3, -0.25) is 0 Å². The third-order valence-electron chi connectivity index (χ3n) is 1.46. The van der Waals surface area contributed by atoms with Crippen molar-refractivity contribution in [3.05, 3.63) is 0 Å². The van der Waals surface area contributed by atoms with E-state index in [9.17, 15) is 17.6 Å². The van der Waals surface area contributed by atoms with Crippen molar-refractivity contribution in [2.24, 2.45) is 5.92 Å². The van der Waals surface area contributed by atoms with Crippen molar-refractivity contribution >= 4 is 0 Å². The van der Waals surface area contributed by atoms with Crippen LogP contribution in [0.4, 0.5) is 17.6 Å². The molecule has 0 spiro atoms. The Kier molecular flexibility index (Phi) is 3.12. The molecule has 0 radical (unpaired) electrons. The fourth-order valence-electron chi connectivity index (χ4n) is 0.530. The molecule has 2 unspecified atom stereocenters. The zero-order valence-electron chi connectivity index (χ0n) is 5.87. The Labute approximate surface area is 57.2 Å². The van der Waals surface area contributed by atoms with Gasteiger partial charge < -0.3 is 0 Å². The lowest BCUT2D eigenvalue weighted by molar-refractivity contribution is -0.193. The molecule has 0 bridgehead atoms. The Morgan fingerprint density at radius 3 is 1.80 bits per heavy atom. The molecule has 0 aliphatic carbocycles. The molecule has 0 heterocycles. The second-order valence-corrected chi connectivity index (χ2v) is 2.33. The summed E-state index contributed by atoms with van der Waals surface area (Å²) in [6.07, 6.45) is -7.15. The lowest BCUT2D eigenvalue weighted by Crippen LogP contribution is -2.30. The van der Waals surface area contributed by atoms with Crippen LogP contribution in [-0.4, -0.2) is 12.3 Å². The lowest BCUT2D eigenvalue weighted by Gasteiger charge is -2.17. The highest BCUT2D eigenvalue weighted by molar-refractivity contribution is 4.70. The van der Waals surface area contributed by atoms with Gasteiger partial charge in [0.05, 0.1) is 0 Å². The second-order valence-electron chi connectivity index (χ2n) is 2.33. The van der Waals surface area contributed by atoms with E-state index in [1.54, 1.807) is 0 Å². The minimum atomic E-state index is -4.69. The maximum Gasteiger partial charge on any atom is 0.419 e. The van der Waals surface area contributed by atoms with E-state index >= 15 is 0 Å². The third kappa shape index (κ3) is 2.54. The van der Waals surface area contributed by atoms with Gasteiger partial charge in [-0.1, -0.05) is 20.3 Å². The number of hydrogen-bond acceptors (Lipinski definition) is 0. The molecular weight excluding hydrogens is 148 g/mol. The molecule has 0 nitrogen and oxygen atoms in total. The van der Waals surface area contributed by atoms with Gasteiger partial charge in [-0.15, -0.1) is 0 Å². The minimum absolute atomic E-state index is 0.209.